The minimum absolute atomic E-state index is 0.147. The van der Waals surface area contributed by atoms with Crippen LogP contribution < -0.4 is 10.1 Å². The fourth-order valence-corrected chi connectivity index (χ4v) is 2.30. The van der Waals surface area contributed by atoms with Gasteiger partial charge in [0.25, 0.3) is 5.89 Å². The highest BCUT2D eigenvalue weighted by Gasteiger charge is 2.20. The van der Waals surface area contributed by atoms with Crippen molar-refractivity contribution in [3.8, 4) is 17.2 Å². The average molecular weight is 353 g/mol. The van der Waals surface area contributed by atoms with Crippen LogP contribution in [0.2, 0.25) is 0 Å². The summed E-state index contributed by atoms with van der Waals surface area (Å²) in [5, 5.41) is 10.2. The number of nitrogens with zero attached hydrogens (tertiary/aromatic N) is 2. The Morgan fingerprint density at radius 3 is 2.50 bits per heavy atom. The molecule has 26 heavy (non-hydrogen) atoms. The quantitative estimate of drug-likeness (QED) is 0.703. The molecule has 0 fully saturated rings. The number of ether oxygens (including phenoxy) is 2. The largest absolute Gasteiger partial charge is 0.496 e. The number of hydrogen-bond acceptors (Lipinski definition) is 7. The lowest BCUT2D eigenvalue weighted by atomic mass is 10.2. The Labute approximate surface area is 148 Å². The Balaban J connectivity index is 1.85. The molecule has 2 aromatic carbocycles. The second-order valence-corrected chi connectivity index (χ2v) is 5.10. The van der Waals surface area contributed by atoms with Crippen molar-refractivity contribution in [2.75, 3.05) is 19.5 Å². The molecule has 0 spiro atoms. The van der Waals surface area contributed by atoms with Crippen LogP contribution in [0.15, 0.2) is 52.9 Å². The number of carbonyl (C=O) groups is 2. The van der Waals surface area contributed by atoms with Crippen molar-refractivity contribution in [3.05, 3.63) is 60.0 Å². The van der Waals surface area contributed by atoms with Crippen LogP contribution in [0, 0.1) is 0 Å². The Bertz CT molecular complexity index is 951. The summed E-state index contributed by atoms with van der Waals surface area (Å²) < 4.78 is 15.4. The number of anilines is 1. The molecule has 132 valence electrons. The maximum Gasteiger partial charge on any atom is 0.339 e. The normalized spacial score (nSPS) is 10.2. The zero-order valence-corrected chi connectivity index (χ0v) is 14.1. The van der Waals surface area contributed by atoms with Crippen LogP contribution >= 0.6 is 0 Å². The SMILES string of the molecule is COC(=O)c1ccccc1NC(=O)c1nnc(-c2ccccc2OC)o1. The fraction of sp³-hybridized carbons (Fsp3) is 0.111. The van der Waals surface area contributed by atoms with Gasteiger partial charge in [0, 0.05) is 0 Å². The summed E-state index contributed by atoms with van der Waals surface area (Å²) in [5.41, 5.74) is 1.06. The lowest BCUT2D eigenvalue weighted by molar-refractivity contribution is 0.0602. The molecule has 0 unspecified atom stereocenters. The first-order chi connectivity index (χ1) is 12.6. The number of amides is 1. The highest BCUT2D eigenvalue weighted by molar-refractivity contribution is 6.05. The summed E-state index contributed by atoms with van der Waals surface area (Å²) in [7, 11) is 2.78. The molecule has 1 heterocycles. The maximum absolute atomic E-state index is 12.4. The first-order valence-electron chi connectivity index (χ1n) is 7.59. The lowest BCUT2D eigenvalue weighted by Gasteiger charge is -2.07. The second kappa shape index (κ2) is 7.47. The molecule has 0 aliphatic rings. The van der Waals surface area contributed by atoms with Gasteiger partial charge in [-0.25, -0.2) is 4.79 Å². The minimum Gasteiger partial charge on any atom is -0.496 e. The smallest absolute Gasteiger partial charge is 0.339 e. The number of esters is 1. The third-order valence-corrected chi connectivity index (χ3v) is 3.54. The third kappa shape index (κ3) is 3.39. The molecule has 8 nitrogen and oxygen atoms in total. The zero-order chi connectivity index (χ0) is 18.5. The van der Waals surface area contributed by atoms with Crippen LogP contribution in [0.1, 0.15) is 21.0 Å². The van der Waals surface area contributed by atoms with Gasteiger partial charge in [0.05, 0.1) is 31.0 Å². The predicted octanol–water partition coefficient (Wildman–Crippen LogP) is 2.78. The highest BCUT2D eigenvalue weighted by atomic mass is 16.5. The summed E-state index contributed by atoms with van der Waals surface area (Å²) >= 11 is 0. The number of benzene rings is 2. The molecule has 0 bridgehead atoms. The molecule has 0 atom stereocenters. The van der Waals surface area contributed by atoms with Crippen LogP contribution in [0.4, 0.5) is 5.69 Å². The Morgan fingerprint density at radius 2 is 1.73 bits per heavy atom. The topological polar surface area (TPSA) is 104 Å². The van der Waals surface area contributed by atoms with E-state index in [4.69, 9.17) is 13.9 Å². The second-order valence-electron chi connectivity index (χ2n) is 5.10. The standard InChI is InChI=1S/C18H15N3O5/c1-24-14-10-6-4-8-12(14)16-20-21-17(26-16)15(22)19-13-9-5-3-7-11(13)18(23)25-2/h3-10H,1-2H3,(H,19,22). The number of methoxy groups -OCH3 is 2. The Morgan fingerprint density at radius 1 is 1.00 bits per heavy atom. The molecule has 1 N–H and O–H groups in total. The molecule has 0 radical (unpaired) electrons. The molecular formula is C18H15N3O5. The van der Waals surface area contributed by atoms with Crippen LogP contribution in [0.25, 0.3) is 11.5 Å². The molecule has 0 aliphatic carbocycles. The lowest BCUT2D eigenvalue weighted by Crippen LogP contribution is -2.15. The number of carbonyl (C=O) groups excluding carboxylic acids is 2. The van der Waals surface area contributed by atoms with Gasteiger partial charge in [0.1, 0.15) is 5.75 Å². The number of aromatic nitrogens is 2. The van der Waals surface area contributed by atoms with Crippen molar-refractivity contribution in [1.29, 1.82) is 0 Å². The molecule has 1 aromatic heterocycles. The molecule has 0 saturated carbocycles. The van der Waals surface area contributed by atoms with E-state index >= 15 is 0 Å². The molecule has 1 amide bonds. The van der Waals surface area contributed by atoms with Crippen molar-refractivity contribution < 1.29 is 23.5 Å². The van der Waals surface area contributed by atoms with Crippen molar-refractivity contribution in [2.45, 2.75) is 0 Å². The van der Waals surface area contributed by atoms with E-state index in [-0.39, 0.29) is 23.0 Å². The van der Waals surface area contributed by atoms with E-state index in [1.165, 1.54) is 20.3 Å². The molecule has 0 aliphatic heterocycles. The number of hydrogen-bond donors (Lipinski definition) is 1. The fourth-order valence-electron chi connectivity index (χ4n) is 2.30. The Hall–Kier alpha value is -3.68. The van der Waals surface area contributed by atoms with Crippen LogP contribution in [0.3, 0.4) is 0 Å². The molecule has 8 heteroatoms. The van der Waals surface area contributed by atoms with Crippen LogP contribution in [0.5, 0.6) is 5.75 Å². The zero-order valence-electron chi connectivity index (χ0n) is 14.1. The van der Waals surface area contributed by atoms with Crippen LogP contribution in [-0.4, -0.2) is 36.3 Å². The van der Waals surface area contributed by atoms with Crippen molar-refractivity contribution >= 4 is 17.6 Å². The first-order valence-corrected chi connectivity index (χ1v) is 7.59. The van der Waals surface area contributed by atoms with E-state index in [0.29, 0.717) is 11.3 Å². The van der Waals surface area contributed by atoms with Gasteiger partial charge in [-0.05, 0) is 24.3 Å². The summed E-state index contributed by atoms with van der Waals surface area (Å²) in [6.07, 6.45) is 0. The van der Waals surface area contributed by atoms with Gasteiger partial charge in [-0.1, -0.05) is 24.3 Å². The van der Waals surface area contributed by atoms with Crippen molar-refractivity contribution in [1.82, 2.24) is 10.2 Å². The first kappa shape index (κ1) is 17.2. The van der Waals surface area contributed by atoms with Gasteiger partial charge in [-0.2, -0.15) is 0 Å². The van der Waals surface area contributed by atoms with Gasteiger partial charge < -0.3 is 19.2 Å². The van der Waals surface area contributed by atoms with Gasteiger partial charge in [0.2, 0.25) is 0 Å². The van der Waals surface area contributed by atoms with Gasteiger partial charge in [-0.3, -0.25) is 4.79 Å². The molecule has 0 saturated heterocycles. The van der Waals surface area contributed by atoms with E-state index in [1.807, 2.05) is 0 Å². The van der Waals surface area contributed by atoms with E-state index in [1.54, 1.807) is 42.5 Å². The average Bonchev–Trinajstić information content (AvgIpc) is 3.18. The summed E-state index contributed by atoms with van der Waals surface area (Å²) in [4.78, 5) is 24.2. The number of rotatable bonds is 5. The molecular weight excluding hydrogens is 338 g/mol. The van der Waals surface area contributed by atoms with Gasteiger partial charge in [-0.15, -0.1) is 10.2 Å². The monoisotopic (exact) mass is 353 g/mol. The van der Waals surface area contributed by atoms with E-state index in [2.05, 4.69) is 15.5 Å². The van der Waals surface area contributed by atoms with E-state index < -0.39 is 11.9 Å². The Kier molecular flexibility index (Phi) is 4.93. The molecule has 3 rings (SSSR count). The number of para-hydroxylation sites is 2. The molecule has 3 aromatic rings. The van der Waals surface area contributed by atoms with Gasteiger partial charge >= 0.3 is 17.8 Å². The van der Waals surface area contributed by atoms with E-state index in [0.717, 1.165) is 0 Å². The summed E-state index contributed by atoms with van der Waals surface area (Å²) in [6.45, 7) is 0. The predicted molar refractivity (Wildman–Crippen MR) is 92.0 cm³/mol. The van der Waals surface area contributed by atoms with Crippen LogP contribution in [-0.2, 0) is 4.74 Å². The van der Waals surface area contributed by atoms with E-state index in [9.17, 15) is 9.59 Å². The number of nitrogens with one attached hydrogen (secondary N) is 1. The van der Waals surface area contributed by atoms with Crippen molar-refractivity contribution in [3.63, 3.8) is 0 Å². The third-order valence-electron chi connectivity index (χ3n) is 3.54. The minimum atomic E-state index is -0.644. The maximum atomic E-state index is 12.4. The highest BCUT2D eigenvalue weighted by Crippen LogP contribution is 2.28. The van der Waals surface area contributed by atoms with Crippen molar-refractivity contribution in [2.24, 2.45) is 0 Å². The summed E-state index contributed by atoms with van der Waals surface area (Å²) in [6, 6.07) is 13.5. The van der Waals surface area contributed by atoms with Gasteiger partial charge in [0.15, 0.2) is 0 Å². The summed E-state index contributed by atoms with van der Waals surface area (Å²) in [5.74, 6) is -0.769.